The molecule has 0 amide bonds. The highest BCUT2D eigenvalue weighted by molar-refractivity contribution is 6.11. The number of para-hydroxylation sites is 5. The molecular formula is C50H31N7. The van der Waals surface area contributed by atoms with E-state index < -0.39 is 218 Å². The summed E-state index contributed by atoms with van der Waals surface area (Å²) in [4.78, 5) is 18.4. The van der Waals surface area contributed by atoms with E-state index in [1.165, 1.54) is 36.7 Å². The van der Waals surface area contributed by atoms with Crippen molar-refractivity contribution in [3.05, 3.63) is 188 Å². The van der Waals surface area contributed by atoms with Gasteiger partial charge in [-0.05, 0) is 60.5 Å². The van der Waals surface area contributed by atoms with Crippen LogP contribution in [0.4, 0.5) is 0 Å². The first-order valence-electron chi connectivity index (χ1n) is 29.5. The van der Waals surface area contributed by atoms with Crippen LogP contribution in [-0.2, 0) is 0 Å². The predicted octanol–water partition coefficient (Wildman–Crippen LogP) is 11.9. The Morgan fingerprint density at radius 1 is 0.421 bits per heavy atom. The molecule has 7 heteroatoms. The molecule has 266 valence electrons. The molecule has 0 bridgehead atoms. The second-order valence-electron chi connectivity index (χ2n) is 12.4. The predicted molar refractivity (Wildman–Crippen MR) is 232 cm³/mol. The summed E-state index contributed by atoms with van der Waals surface area (Å²) in [6.45, 7) is 0. The third kappa shape index (κ3) is 4.66. The lowest BCUT2D eigenvalue weighted by Gasteiger charge is -2.21. The minimum Gasteiger partial charge on any atom is -0.305 e. The number of benzene rings is 6. The average Bonchev–Trinajstić information content (AvgIpc) is 2.08. The maximum Gasteiger partial charge on any atom is 0.235 e. The van der Waals surface area contributed by atoms with Crippen molar-refractivity contribution in [3.8, 4) is 39.8 Å². The van der Waals surface area contributed by atoms with Gasteiger partial charge in [0, 0.05) is 45.1 Å². The fourth-order valence-electron chi connectivity index (χ4n) is 7.19. The molecule has 6 heterocycles. The molecule has 57 heavy (non-hydrogen) atoms. The van der Waals surface area contributed by atoms with Crippen molar-refractivity contribution < 1.29 is 34.3 Å². The zero-order valence-corrected chi connectivity index (χ0v) is 28.6. The first kappa shape index (κ1) is 15.7. The summed E-state index contributed by atoms with van der Waals surface area (Å²) in [5.74, 6) is -0.891. The van der Waals surface area contributed by atoms with E-state index in [-0.39, 0.29) is 38.4 Å². The highest BCUT2D eigenvalue weighted by Crippen LogP contribution is 2.42. The minimum atomic E-state index is -1.02. The smallest absolute Gasteiger partial charge is 0.235 e. The number of nitrogens with zero attached hydrogens (tertiary/aromatic N) is 7. The number of hydrogen-bond donors (Lipinski definition) is 0. The Bertz CT molecular complexity index is 4900. The Morgan fingerprint density at radius 3 is 1.56 bits per heavy atom. The van der Waals surface area contributed by atoms with Crippen LogP contribution in [0.15, 0.2) is 188 Å². The maximum absolute atomic E-state index is 10.2. The van der Waals surface area contributed by atoms with Gasteiger partial charge in [-0.1, -0.05) is 115 Å². The molecule has 0 aliphatic rings. The molecule has 0 atom stereocenters. The molecular weight excluding hydrogens is 699 g/mol. The van der Waals surface area contributed by atoms with E-state index in [0.717, 1.165) is 13.7 Å². The molecule has 0 aliphatic carbocycles. The SMILES string of the molecule is [2H]c1c(-c2c([2H])c([2H])c([2H])c([2H])c2[2H])nc(-n2c3c([2H])c([2H])c([2H])c([2H])c3c3c([2H])c([2H])c([2H])c([2H])c32)nc1-c1c([2H])c([2H])c([2H])c(-n2c3cccnc3c3c([2H])c([2H])c([2H])c([2H])c32)c1-n1c2cccnc2c2c([2H])c([2H])c([2H])c([2H])c21. The average molecular weight is 755 g/mol. The molecule has 7 nitrogen and oxygen atoms in total. The van der Waals surface area contributed by atoms with Crippen molar-refractivity contribution in [2.45, 2.75) is 0 Å². The molecule has 0 spiro atoms. The van der Waals surface area contributed by atoms with Crippen LogP contribution in [0, 0.1) is 0 Å². The quantitative estimate of drug-likeness (QED) is 0.175. The van der Waals surface area contributed by atoms with Crippen LogP contribution >= 0.6 is 0 Å². The molecule has 12 aromatic rings. The van der Waals surface area contributed by atoms with Crippen LogP contribution in [0.5, 0.6) is 0 Å². The Balaban J connectivity index is 1.42. The zero-order chi connectivity index (χ0) is 59.2. The van der Waals surface area contributed by atoms with E-state index in [1.54, 1.807) is 0 Å². The number of pyridine rings is 2. The zero-order valence-electron chi connectivity index (χ0n) is 53.6. The van der Waals surface area contributed by atoms with Gasteiger partial charge in [0.2, 0.25) is 5.95 Å². The summed E-state index contributed by atoms with van der Waals surface area (Å²) in [6, 6.07) is -15.3. The maximum atomic E-state index is 10.2. The standard InChI is InChI=1S/C50H31N7/c1-2-15-32(16-3-1)38-31-39(54-50(53-38)57-40-22-8-4-17-33(40)34-18-5-9-23-41(34)57)35-21-12-26-46(55-42-24-10-6-19-36(42)47-44(55)27-13-29-51-47)49(35)56-43-25-11-7-20-37(43)48-45(56)28-14-30-52-48/h1-31H/i1D,2D,3D,4D,5D,6D,7D,8D,9D,10D,11D,12D,15D,16D,17D,18D,19D,20D,21D,22D,23D,24D,25D,26D,31D. The van der Waals surface area contributed by atoms with Gasteiger partial charge in [-0.25, -0.2) is 9.97 Å². The molecule has 0 unspecified atom stereocenters. The van der Waals surface area contributed by atoms with E-state index in [2.05, 4.69) is 15.0 Å². The number of rotatable bonds is 5. The van der Waals surface area contributed by atoms with Crippen LogP contribution < -0.4 is 0 Å². The number of fused-ring (bicyclic) bond motifs is 9. The molecule has 12 rings (SSSR count). The van der Waals surface area contributed by atoms with Crippen molar-refractivity contribution >= 4 is 65.7 Å². The second kappa shape index (κ2) is 12.3. The Labute approximate surface area is 361 Å². The van der Waals surface area contributed by atoms with E-state index in [1.807, 2.05) is 0 Å². The summed E-state index contributed by atoms with van der Waals surface area (Å²) >= 11 is 0. The summed E-state index contributed by atoms with van der Waals surface area (Å²) < 4.78 is 232. The molecule has 0 saturated heterocycles. The highest BCUT2D eigenvalue weighted by atomic mass is 15.2. The molecule has 0 fully saturated rings. The van der Waals surface area contributed by atoms with Gasteiger partial charge in [0.25, 0.3) is 0 Å². The van der Waals surface area contributed by atoms with Crippen molar-refractivity contribution in [1.29, 1.82) is 0 Å². The third-order valence-corrected chi connectivity index (χ3v) is 9.45. The Hall–Kier alpha value is -7.90. The first-order valence-corrected chi connectivity index (χ1v) is 17.0. The van der Waals surface area contributed by atoms with Crippen molar-refractivity contribution in [3.63, 3.8) is 0 Å². The summed E-state index contributed by atoms with van der Waals surface area (Å²) in [6.07, 6.45) is 2.63. The van der Waals surface area contributed by atoms with Crippen LogP contribution in [0.25, 0.3) is 106 Å². The third-order valence-electron chi connectivity index (χ3n) is 9.45. The number of aromatic nitrogens is 7. The van der Waals surface area contributed by atoms with Gasteiger partial charge in [0.1, 0.15) is 0 Å². The van der Waals surface area contributed by atoms with Crippen molar-refractivity contribution in [2.24, 2.45) is 0 Å². The lowest BCUT2D eigenvalue weighted by atomic mass is 10.0. The van der Waals surface area contributed by atoms with Crippen molar-refractivity contribution in [2.75, 3.05) is 0 Å². The monoisotopic (exact) mass is 754 g/mol. The summed E-state index contributed by atoms with van der Waals surface area (Å²) in [5, 5.41) is -1.40. The van der Waals surface area contributed by atoms with Crippen LogP contribution in [0.3, 0.4) is 0 Å². The van der Waals surface area contributed by atoms with Crippen LogP contribution in [0.2, 0.25) is 0 Å². The topological polar surface area (TPSA) is 66.3 Å². The van der Waals surface area contributed by atoms with E-state index >= 15 is 0 Å². The van der Waals surface area contributed by atoms with E-state index in [0.29, 0.717) is 0 Å². The van der Waals surface area contributed by atoms with Gasteiger partial charge in [0.15, 0.2) is 0 Å². The molecule has 6 aromatic heterocycles. The van der Waals surface area contributed by atoms with Gasteiger partial charge < -0.3 is 9.13 Å². The van der Waals surface area contributed by atoms with Gasteiger partial charge in [-0.3, -0.25) is 14.5 Å². The Morgan fingerprint density at radius 2 is 0.930 bits per heavy atom. The first-order chi connectivity index (χ1) is 38.7. The fraction of sp³-hybridized carbons (Fsp3) is 0. The largest absolute Gasteiger partial charge is 0.305 e. The lowest BCUT2D eigenvalue weighted by molar-refractivity contribution is 0.993. The lowest BCUT2D eigenvalue weighted by Crippen LogP contribution is -2.08. The van der Waals surface area contributed by atoms with Gasteiger partial charge in [0.05, 0.1) is 101 Å². The summed E-state index contributed by atoms with van der Waals surface area (Å²) in [7, 11) is 0. The normalized spacial score (nSPS) is 18.0. The molecule has 0 aliphatic heterocycles. The van der Waals surface area contributed by atoms with Crippen molar-refractivity contribution in [1.82, 2.24) is 33.6 Å². The Kier molecular flexibility index (Phi) is 3.39. The second-order valence-corrected chi connectivity index (χ2v) is 12.4. The van der Waals surface area contributed by atoms with Crippen LogP contribution in [0.1, 0.15) is 34.3 Å². The fourth-order valence-corrected chi connectivity index (χ4v) is 7.19. The van der Waals surface area contributed by atoms with Gasteiger partial charge >= 0.3 is 0 Å². The number of hydrogen-bond acceptors (Lipinski definition) is 4. The molecule has 0 saturated carbocycles. The van der Waals surface area contributed by atoms with E-state index in [4.69, 9.17) is 24.2 Å². The molecule has 0 radical (unpaired) electrons. The van der Waals surface area contributed by atoms with E-state index in [9.17, 15) is 15.1 Å². The minimum absolute atomic E-state index is 0.0500. The molecule has 6 aromatic carbocycles. The summed E-state index contributed by atoms with van der Waals surface area (Å²) in [5.41, 5.74) is -6.73. The van der Waals surface area contributed by atoms with Gasteiger partial charge in [-0.2, -0.15) is 0 Å². The van der Waals surface area contributed by atoms with Gasteiger partial charge in [-0.15, -0.1) is 0 Å². The van der Waals surface area contributed by atoms with Crippen LogP contribution in [-0.4, -0.2) is 33.6 Å². The molecule has 0 N–H and O–H groups in total. The highest BCUT2D eigenvalue weighted by Gasteiger charge is 2.25.